The topological polar surface area (TPSA) is 72.3 Å². The van der Waals surface area contributed by atoms with Crippen LogP contribution >= 0.6 is 12.4 Å². The monoisotopic (exact) mass is 230 g/mol. The van der Waals surface area contributed by atoms with Crippen LogP contribution in [0.5, 0.6) is 5.75 Å². The van der Waals surface area contributed by atoms with E-state index in [2.05, 4.69) is 0 Å². The first-order valence-corrected chi connectivity index (χ1v) is 4.97. The van der Waals surface area contributed by atoms with E-state index in [1.165, 1.54) is 0 Å². The SMILES string of the molecule is CCc1cccc([C@H](N)CCN)c1O.Cl. The van der Waals surface area contributed by atoms with Crippen molar-refractivity contribution in [2.24, 2.45) is 11.5 Å². The number of benzene rings is 1. The lowest BCUT2D eigenvalue weighted by Gasteiger charge is -2.14. The van der Waals surface area contributed by atoms with Gasteiger partial charge in [-0.3, -0.25) is 0 Å². The third-order valence-corrected chi connectivity index (χ3v) is 2.41. The van der Waals surface area contributed by atoms with Crippen LogP contribution in [0.2, 0.25) is 0 Å². The largest absolute Gasteiger partial charge is 0.507 e. The number of aryl methyl sites for hydroxylation is 1. The lowest BCUT2D eigenvalue weighted by atomic mass is 9.99. The molecule has 0 aliphatic rings. The molecule has 0 fully saturated rings. The number of nitrogens with two attached hydrogens (primary N) is 2. The second kappa shape index (κ2) is 6.67. The zero-order valence-electron chi connectivity index (χ0n) is 8.94. The fourth-order valence-electron chi connectivity index (χ4n) is 1.53. The molecule has 0 aliphatic carbocycles. The summed E-state index contributed by atoms with van der Waals surface area (Å²) in [6.07, 6.45) is 1.51. The molecule has 3 nitrogen and oxygen atoms in total. The normalized spacial score (nSPS) is 11.9. The molecule has 0 amide bonds. The van der Waals surface area contributed by atoms with Gasteiger partial charge < -0.3 is 16.6 Å². The number of aromatic hydroxyl groups is 1. The van der Waals surface area contributed by atoms with Crippen LogP contribution in [0.3, 0.4) is 0 Å². The molecule has 0 heterocycles. The molecule has 0 bridgehead atoms. The minimum absolute atomic E-state index is 0. The van der Waals surface area contributed by atoms with Crippen molar-refractivity contribution in [1.29, 1.82) is 0 Å². The fraction of sp³-hybridized carbons (Fsp3) is 0.455. The van der Waals surface area contributed by atoms with Gasteiger partial charge in [0.05, 0.1) is 0 Å². The first-order chi connectivity index (χ1) is 6.70. The smallest absolute Gasteiger partial charge is 0.123 e. The summed E-state index contributed by atoms with van der Waals surface area (Å²) >= 11 is 0. The minimum atomic E-state index is -0.161. The van der Waals surface area contributed by atoms with E-state index in [0.29, 0.717) is 18.7 Å². The number of phenols is 1. The van der Waals surface area contributed by atoms with Gasteiger partial charge in [-0.15, -0.1) is 12.4 Å². The van der Waals surface area contributed by atoms with E-state index in [4.69, 9.17) is 11.5 Å². The van der Waals surface area contributed by atoms with E-state index < -0.39 is 0 Å². The summed E-state index contributed by atoms with van der Waals surface area (Å²) in [7, 11) is 0. The maximum absolute atomic E-state index is 9.87. The summed E-state index contributed by atoms with van der Waals surface area (Å²) in [5.74, 6) is 0.330. The molecule has 1 aromatic rings. The predicted molar refractivity (Wildman–Crippen MR) is 65.3 cm³/mol. The molecule has 86 valence electrons. The molecule has 0 saturated carbocycles. The molecule has 0 aliphatic heterocycles. The Kier molecular flexibility index (Phi) is 6.32. The van der Waals surface area contributed by atoms with E-state index in [1.54, 1.807) is 0 Å². The van der Waals surface area contributed by atoms with Gasteiger partial charge in [-0.05, 0) is 24.9 Å². The minimum Gasteiger partial charge on any atom is -0.507 e. The highest BCUT2D eigenvalue weighted by molar-refractivity contribution is 5.85. The average Bonchev–Trinajstić information content (AvgIpc) is 2.18. The quantitative estimate of drug-likeness (QED) is 0.738. The van der Waals surface area contributed by atoms with Crippen LogP contribution in [-0.4, -0.2) is 11.7 Å². The van der Waals surface area contributed by atoms with Crippen LogP contribution in [0, 0.1) is 0 Å². The van der Waals surface area contributed by atoms with Gasteiger partial charge in [0.1, 0.15) is 5.75 Å². The second-order valence-electron chi connectivity index (χ2n) is 3.39. The summed E-state index contributed by atoms with van der Waals surface area (Å²) in [6.45, 7) is 2.55. The second-order valence-corrected chi connectivity index (χ2v) is 3.39. The van der Waals surface area contributed by atoms with E-state index in [0.717, 1.165) is 17.5 Å². The maximum atomic E-state index is 9.87. The maximum Gasteiger partial charge on any atom is 0.123 e. The van der Waals surface area contributed by atoms with Crippen molar-refractivity contribution in [2.45, 2.75) is 25.8 Å². The van der Waals surface area contributed by atoms with Crippen molar-refractivity contribution in [2.75, 3.05) is 6.54 Å². The first-order valence-electron chi connectivity index (χ1n) is 4.97. The van der Waals surface area contributed by atoms with Gasteiger partial charge in [-0.1, -0.05) is 25.1 Å². The van der Waals surface area contributed by atoms with Gasteiger partial charge in [-0.2, -0.15) is 0 Å². The Balaban J connectivity index is 0.00000196. The van der Waals surface area contributed by atoms with Crippen LogP contribution < -0.4 is 11.5 Å². The van der Waals surface area contributed by atoms with Crippen molar-refractivity contribution in [1.82, 2.24) is 0 Å². The molecule has 1 aromatic carbocycles. The summed E-state index contributed by atoms with van der Waals surface area (Å²) in [6, 6.07) is 5.53. The summed E-state index contributed by atoms with van der Waals surface area (Å²) in [4.78, 5) is 0. The van der Waals surface area contributed by atoms with Crippen molar-refractivity contribution >= 4 is 12.4 Å². The van der Waals surface area contributed by atoms with Crippen LogP contribution in [0.25, 0.3) is 0 Å². The van der Waals surface area contributed by atoms with Crippen molar-refractivity contribution in [3.63, 3.8) is 0 Å². The van der Waals surface area contributed by atoms with E-state index in [9.17, 15) is 5.11 Å². The highest BCUT2D eigenvalue weighted by atomic mass is 35.5. The zero-order chi connectivity index (χ0) is 10.6. The molecule has 1 atom stereocenters. The van der Waals surface area contributed by atoms with Crippen LogP contribution in [0.15, 0.2) is 18.2 Å². The molecular weight excluding hydrogens is 212 g/mol. The van der Waals surface area contributed by atoms with Crippen molar-refractivity contribution < 1.29 is 5.11 Å². The third kappa shape index (κ3) is 3.38. The van der Waals surface area contributed by atoms with Crippen LogP contribution in [-0.2, 0) is 6.42 Å². The zero-order valence-corrected chi connectivity index (χ0v) is 9.76. The molecule has 0 radical (unpaired) electrons. The Bertz CT molecular complexity index is 305. The van der Waals surface area contributed by atoms with Crippen LogP contribution in [0.1, 0.15) is 30.5 Å². The number of para-hydroxylation sites is 1. The molecule has 0 aromatic heterocycles. The third-order valence-electron chi connectivity index (χ3n) is 2.41. The predicted octanol–water partition coefficient (Wildman–Crippen LogP) is 1.73. The van der Waals surface area contributed by atoms with Gasteiger partial charge in [0.2, 0.25) is 0 Å². The van der Waals surface area contributed by atoms with Crippen molar-refractivity contribution in [3.8, 4) is 5.75 Å². The Hall–Kier alpha value is -0.770. The summed E-state index contributed by atoms with van der Waals surface area (Å²) in [5, 5.41) is 9.87. The van der Waals surface area contributed by atoms with E-state index in [1.807, 2.05) is 25.1 Å². The highest BCUT2D eigenvalue weighted by Gasteiger charge is 2.11. The fourth-order valence-corrected chi connectivity index (χ4v) is 1.53. The number of rotatable bonds is 4. The standard InChI is InChI=1S/C11H18N2O.ClH/c1-2-8-4-3-5-9(11(8)14)10(13)6-7-12;/h3-5,10,14H,2,6-7,12-13H2,1H3;1H/t10-;/m1./s1. The molecule has 5 N–H and O–H groups in total. The van der Waals surface area contributed by atoms with Gasteiger partial charge in [0.15, 0.2) is 0 Å². The molecule has 0 unspecified atom stereocenters. The molecule has 1 rings (SSSR count). The number of halogens is 1. The molecular formula is C11H19ClN2O. The van der Waals surface area contributed by atoms with E-state index >= 15 is 0 Å². The number of phenolic OH excluding ortho intramolecular Hbond substituents is 1. The molecule has 0 saturated heterocycles. The Morgan fingerprint density at radius 2 is 2.07 bits per heavy atom. The van der Waals surface area contributed by atoms with Crippen molar-refractivity contribution in [3.05, 3.63) is 29.3 Å². The Labute approximate surface area is 96.9 Å². The summed E-state index contributed by atoms with van der Waals surface area (Å²) in [5.41, 5.74) is 13.1. The lowest BCUT2D eigenvalue weighted by molar-refractivity contribution is 0.453. The van der Waals surface area contributed by atoms with Crippen LogP contribution in [0.4, 0.5) is 0 Å². The average molecular weight is 231 g/mol. The molecule has 4 heteroatoms. The van der Waals surface area contributed by atoms with Gasteiger partial charge in [-0.25, -0.2) is 0 Å². The van der Waals surface area contributed by atoms with E-state index in [-0.39, 0.29) is 18.4 Å². The number of hydrogen-bond acceptors (Lipinski definition) is 3. The Morgan fingerprint density at radius 3 is 2.60 bits per heavy atom. The first kappa shape index (κ1) is 14.2. The van der Waals surface area contributed by atoms with Gasteiger partial charge in [0.25, 0.3) is 0 Å². The lowest BCUT2D eigenvalue weighted by Crippen LogP contribution is -2.15. The van der Waals surface area contributed by atoms with Gasteiger partial charge in [0, 0.05) is 11.6 Å². The molecule has 0 spiro atoms. The van der Waals surface area contributed by atoms with Gasteiger partial charge >= 0.3 is 0 Å². The highest BCUT2D eigenvalue weighted by Crippen LogP contribution is 2.28. The number of hydrogen-bond donors (Lipinski definition) is 3. The Morgan fingerprint density at radius 1 is 1.40 bits per heavy atom. The summed E-state index contributed by atoms with van der Waals surface area (Å²) < 4.78 is 0. The molecule has 15 heavy (non-hydrogen) atoms.